The molecule has 26 heavy (non-hydrogen) atoms. The Morgan fingerprint density at radius 3 is 2.27 bits per heavy atom. The molecule has 1 saturated carbocycles. The van der Waals surface area contributed by atoms with Crippen LogP contribution in [0.5, 0.6) is 0 Å². The zero-order chi connectivity index (χ0) is 18.7. The number of hydrogen-bond donors (Lipinski definition) is 2. The third-order valence-corrected chi connectivity index (χ3v) is 5.83. The first kappa shape index (κ1) is 18.8. The molecule has 1 aliphatic heterocycles. The normalized spacial score (nSPS) is 20.3. The molecule has 2 atom stereocenters. The molecule has 1 saturated heterocycles. The van der Waals surface area contributed by atoms with Gasteiger partial charge in [0.2, 0.25) is 5.91 Å². The zero-order valence-corrected chi connectivity index (χ0v) is 16.1. The molecule has 2 aliphatic rings. The summed E-state index contributed by atoms with van der Waals surface area (Å²) in [7, 11) is -1.03. The van der Waals surface area contributed by atoms with Crippen molar-refractivity contribution in [2.75, 3.05) is 37.8 Å². The van der Waals surface area contributed by atoms with E-state index in [9.17, 15) is 13.8 Å². The summed E-state index contributed by atoms with van der Waals surface area (Å²) in [6, 6.07) is 7.08. The first-order valence-corrected chi connectivity index (χ1v) is 10.5. The van der Waals surface area contributed by atoms with Crippen LogP contribution >= 0.6 is 0 Å². The van der Waals surface area contributed by atoms with Crippen molar-refractivity contribution in [3.63, 3.8) is 0 Å². The molecule has 0 radical (unpaired) electrons. The largest absolute Gasteiger partial charge is 0.352 e. The lowest BCUT2D eigenvalue weighted by Gasteiger charge is -2.37. The van der Waals surface area contributed by atoms with Crippen LogP contribution in [0.2, 0.25) is 0 Å². The predicted octanol–water partition coefficient (Wildman–Crippen LogP) is 1.24. The molecule has 1 aliphatic carbocycles. The summed E-state index contributed by atoms with van der Waals surface area (Å²) in [5.74, 6) is 0.0822. The van der Waals surface area contributed by atoms with E-state index in [2.05, 4.69) is 15.5 Å². The molecule has 3 rings (SSSR count). The van der Waals surface area contributed by atoms with Crippen LogP contribution in [0, 0.1) is 0 Å². The number of nitrogens with zero attached hydrogens (tertiary/aromatic N) is 2. The highest BCUT2D eigenvalue weighted by atomic mass is 32.2. The Kier molecular flexibility index (Phi) is 5.93. The molecule has 1 aromatic carbocycles. The Bertz CT molecular complexity index is 682. The first-order chi connectivity index (χ1) is 12.4. The Balaban J connectivity index is 1.46. The SMILES string of the molecule is C[C@@H](C(=O)NC1CC1)N1CCN(C(=O)Nc2ccc([S@](C)=O)cc2)CC1. The van der Waals surface area contributed by atoms with Gasteiger partial charge >= 0.3 is 6.03 Å². The molecular formula is C18H26N4O3S. The van der Waals surface area contributed by atoms with Crippen LogP contribution < -0.4 is 10.6 Å². The minimum Gasteiger partial charge on any atom is -0.352 e. The van der Waals surface area contributed by atoms with Crippen LogP contribution in [-0.4, -0.2) is 70.5 Å². The van der Waals surface area contributed by atoms with Crippen LogP contribution in [-0.2, 0) is 15.6 Å². The van der Waals surface area contributed by atoms with Gasteiger partial charge in [0.25, 0.3) is 0 Å². The number of nitrogens with one attached hydrogen (secondary N) is 2. The summed E-state index contributed by atoms with van der Waals surface area (Å²) in [6.45, 7) is 4.46. The monoisotopic (exact) mass is 378 g/mol. The maximum absolute atomic E-state index is 12.4. The van der Waals surface area contributed by atoms with E-state index in [1.807, 2.05) is 6.92 Å². The van der Waals surface area contributed by atoms with Crippen molar-refractivity contribution >= 4 is 28.4 Å². The van der Waals surface area contributed by atoms with E-state index in [0.717, 1.165) is 17.7 Å². The van der Waals surface area contributed by atoms with E-state index in [0.29, 0.717) is 37.9 Å². The summed E-state index contributed by atoms with van der Waals surface area (Å²) < 4.78 is 11.4. The number of carbonyl (C=O) groups excluding carboxylic acids is 2. The molecule has 0 spiro atoms. The van der Waals surface area contributed by atoms with Crippen molar-refractivity contribution in [2.24, 2.45) is 0 Å². The van der Waals surface area contributed by atoms with Crippen molar-refractivity contribution in [2.45, 2.75) is 36.7 Å². The van der Waals surface area contributed by atoms with Gasteiger partial charge in [0.15, 0.2) is 0 Å². The van der Waals surface area contributed by atoms with Crippen LogP contribution in [0.15, 0.2) is 29.2 Å². The number of urea groups is 1. The number of benzene rings is 1. The Morgan fingerprint density at radius 2 is 1.73 bits per heavy atom. The molecule has 2 fully saturated rings. The van der Waals surface area contributed by atoms with Crippen molar-refractivity contribution in [3.05, 3.63) is 24.3 Å². The lowest BCUT2D eigenvalue weighted by atomic mass is 10.2. The molecule has 8 heteroatoms. The molecule has 1 heterocycles. The van der Waals surface area contributed by atoms with Crippen molar-refractivity contribution in [1.29, 1.82) is 0 Å². The summed E-state index contributed by atoms with van der Waals surface area (Å²) >= 11 is 0. The van der Waals surface area contributed by atoms with Crippen LogP contribution in [0.4, 0.5) is 10.5 Å². The number of piperazine rings is 1. The van der Waals surface area contributed by atoms with Crippen molar-refractivity contribution in [3.8, 4) is 0 Å². The predicted molar refractivity (Wildman–Crippen MR) is 102 cm³/mol. The smallest absolute Gasteiger partial charge is 0.321 e. The van der Waals surface area contributed by atoms with Crippen LogP contribution in [0.25, 0.3) is 0 Å². The topological polar surface area (TPSA) is 81.8 Å². The van der Waals surface area contributed by atoms with Gasteiger partial charge in [-0.1, -0.05) is 0 Å². The number of rotatable bonds is 5. The van der Waals surface area contributed by atoms with Gasteiger partial charge in [-0.15, -0.1) is 0 Å². The van der Waals surface area contributed by atoms with E-state index >= 15 is 0 Å². The second-order valence-electron chi connectivity index (χ2n) is 6.89. The van der Waals surface area contributed by atoms with Gasteiger partial charge in [-0.25, -0.2) is 4.79 Å². The Labute approximate surface area is 156 Å². The number of hydrogen-bond acceptors (Lipinski definition) is 4. The van der Waals surface area contributed by atoms with Gasteiger partial charge in [0.05, 0.1) is 6.04 Å². The average molecular weight is 378 g/mol. The number of amides is 3. The molecule has 142 valence electrons. The molecule has 0 bridgehead atoms. The zero-order valence-electron chi connectivity index (χ0n) is 15.2. The molecule has 0 unspecified atom stereocenters. The molecular weight excluding hydrogens is 352 g/mol. The van der Waals surface area contributed by atoms with Crippen LogP contribution in [0.3, 0.4) is 0 Å². The highest BCUT2D eigenvalue weighted by molar-refractivity contribution is 7.84. The average Bonchev–Trinajstić information content (AvgIpc) is 3.45. The van der Waals surface area contributed by atoms with Gasteiger partial charge in [0.1, 0.15) is 0 Å². The number of carbonyl (C=O) groups is 2. The molecule has 3 amide bonds. The quantitative estimate of drug-likeness (QED) is 0.808. The van der Waals surface area contributed by atoms with E-state index in [1.54, 1.807) is 35.4 Å². The second kappa shape index (κ2) is 8.18. The molecule has 2 N–H and O–H groups in total. The van der Waals surface area contributed by atoms with Gasteiger partial charge in [-0.05, 0) is 44.0 Å². The third kappa shape index (κ3) is 4.82. The minimum absolute atomic E-state index is 0.0822. The maximum Gasteiger partial charge on any atom is 0.321 e. The fraction of sp³-hybridized carbons (Fsp3) is 0.556. The van der Waals surface area contributed by atoms with Gasteiger partial charge in [0, 0.05) is 59.9 Å². The lowest BCUT2D eigenvalue weighted by molar-refractivity contribution is -0.126. The molecule has 0 aromatic heterocycles. The fourth-order valence-corrected chi connectivity index (χ4v) is 3.48. The van der Waals surface area contributed by atoms with Gasteiger partial charge in [-0.3, -0.25) is 13.9 Å². The van der Waals surface area contributed by atoms with Gasteiger partial charge in [-0.2, -0.15) is 0 Å². The highest BCUT2D eigenvalue weighted by Gasteiger charge is 2.30. The maximum atomic E-state index is 12.4. The van der Waals surface area contributed by atoms with Gasteiger partial charge < -0.3 is 15.5 Å². The van der Waals surface area contributed by atoms with E-state index in [-0.39, 0.29) is 18.0 Å². The summed E-state index contributed by atoms with van der Waals surface area (Å²) in [5, 5.41) is 5.90. The van der Waals surface area contributed by atoms with Crippen LogP contribution in [0.1, 0.15) is 19.8 Å². The summed E-state index contributed by atoms with van der Waals surface area (Å²) in [4.78, 5) is 29.2. The Hall–Kier alpha value is -1.93. The first-order valence-electron chi connectivity index (χ1n) is 8.98. The standard InChI is InChI=1S/C18H26N4O3S/c1-13(17(23)19-14-3-4-14)21-9-11-22(12-10-21)18(24)20-15-5-7-16(8-6-15)26(2)25/h5-8,13-14H,3-4,9-12H2,1-2H3,(H,19,23)(H,20,24)/t13-,26-/m0/s1. The summed E-state index contributed by atoms with van der Waals surface area (Å²) in [5.41, 5.74) is 0.684. The van der Waals surface area contributed by atoms with E-state index in [4.69, 9.17) is 0 Å². The van der Waals surface area contributed by atoms with Crippen molar-refractivity contribution < 1.29 is 13.8 Å². The molecule has 7 nitrogen and oxygen atoms in total. The minimum atomic E-state index is -1.03. The van der Waals surface area contributed by atoms with Crippen molar-refractivity contribution in [1.82, 2.24) is 15.1 Å². The highest BCUT2D eigenvalue weighted by Crippen LogP contribution is 2.19. The van der Waals surface area contributed by atoms with E-state index in [1.165, 1.54) is 0 Å². The Morgan fingerprint density at radius 1 is 1.12 bits per heavy atom. The second-order valence-corrected chi connectivity index (χ2v) is 8.27. The molecule has 1 aromatic rings. The number of anilines is 1. The summed E-state index contributed by atoms with van der Waals surface area (Å²) in [6.07, 6.45) is 3.79. The third-order valence-electron chi connectivity index (χ3n) is 4.89. The lowest BCUT2D eigenvalue weighted by Crippen LogP contribution is -2.55. The van der Waals surface area contributed by atoms with E-state index < -0.39 is 10.8 Å². The fourth-order valence-electron chi connectivity index (χ4n) is 2.96.